The first-order valence-corrected chi connectivity index (χ1v) is 9.30. The lowest BCUT2D eigenvalue weighted by molar-refractivity contribution is 0.161. The van der Waals surface area contributed by atoms with Gasteiger partial charge in [0.2, 0.25) is 0 Å². The SMILES string of the molecule is Cc1ccnc(OC[C@@H]2CN(Cc3cccs3)Cc3cncn3C2)n1. The monoisotopic (exact) mass is 355 g/mol. The van der Waals surface area contributed by atoms with Crippen molar-refractivity contribution >= 4 is 11.3 Å². The molecule has 0 radical (unpaired) electrons. The number of aryl methyl sites for hydroxylation is 1. The molecular formula is C18H21N5OS. The van der Waals surface area contributed by atoms with Crippen molar-refractivity contribution in [1.82, 2.24) is 24.4 Å². The van der Waals surface area contributed by atoms with E-state index >= 15 is 0 Å². The van der Waals surface area contributed by atoms with Crippen LogP contribution in [0.2, 0.25) is 0 Å². The van der Waals surface area contributed by atoms with Gasteiger partial charge in [0.15, 0.2) is 0 Å². The van der Waals surface area contributed by atoms with E-state index in [1.807, 2.05) is 25.5 Å². The Morgan fingerprint density at radius 1 is 1.32 bits per heavy atom. The van der Waals surface area contributed by atoms with Crippen molar-refractivity contribution in [2.24, 2.45) is 5.92 Å². The maximum atomic E-state index is 5.88. The Hall–Kier alpha value is -2.25. The van der Waals surface area contributed by atoms with E-state index in [0.29, 0.717) is 18.5 Å². The summed E-state index contributed by atoms with van der Waals surface area (Å²) in [6.07, 6.45) is 5.62. The fourth-order valence-corrected chi connectivity index (χ4v) is 3.92. The van der Waals surface area contributed by atoms with Gasteiger partial charge in [-0.3, -0.25) is 4.90 Å². The molecule has 0 fully saturated rings. The first-order valence-electron chi connectivity index (χ1n) is 8.42. The largest absolute Gasteiger partial charge is 0.463 e. The maximum Gasteiger partial charge on any atom is 0.316 e. The average molecular weight is 355 g/mol. The van der Waals surface area contributed by atoms with Crippen LogP contribution in [-0.2, 0) is 19.6 Å². The topological polar surface area (TPSA) is 56.1 Å². The summed E-state index contributed by atoms with van der Waals surface area (Å²) in [4.78, 5) is 16.7. The second-order valence-electron chi connectivity index (χ2n) is 6.44. The van der Waals surface area contributed by atoms with Crippen LogP contribution in [0.4, 0.5) is 0 Å². The van der Waals surface area contributed by atoms with Gasteiger partial charge in [0.25, 0.3) is 0 Å². The van der Waals surface area contributed by atoms with Crippen molar-refractivity contribution < 1.29 is 4.74 Å². The third-order valence-corrected chi connectivity index (χ3v) is 5.20. The highest BCUT2D eigenvalue weighted by Gasteiger charge is 2.23. The average Bonchev–Trinajstić information content (AvgIpc) is 3.22. The second-order valence-corrected chi connectivity index (χ2v) is 7.48. The first-order chi connectivity index (χ1) is 12.3. The predicted octanol–water partition coefficient (Wildman–Crippen LogP) is 2.75. The standard InChI is InChI=1S/C18H21N5OS/c1-14-4-5-20-18(21-14)24-12-15-8-22(11-17-3-2-6-25-17)10-16-7-19-13-23(16)9-15/h2-7,13,15H,8-12H2,1H3/t15-/m1/s1. The number of fused-ring (bicyclic) bond motifs is 1. The molecule has 0 spiro atoms. The molecule has 0 unspecified atom stereocenters. The number of aromatic nitrogens is 4. The molecule has 4 heterocycles. The van der Waals surface area contributed by atoms with Crippen LogP contribution < -0.4 is 4.74 Å². The molecule has 0 aliphatic carbocycles. The number of rotatable bonds is 5. The van der Waals surface area contributed by atoms with Crippen LogP contribution in [0.25, 0.3) is 0 Å². The van der Waals surface area contributed by atoms with Crippen LogP contribution in [0, 0.1) is 12.8 Å². The quantitative estimate of drug-likeness (QED) is 0.704. The van der Waals surface area contributed by atoms with Crippen LogP contribution >= 0.6 is 11.3 Å². The summed E-state index contributed by atoms with van der Waals surface area (Å²) in [7, 11) is 0. The first kappa shape index (κ1) is 16.2. The van der Waals surface area contributed by atoms with E-state index in [4.69, 9.17) is 4.74 Å². The van der Waals surface area contributed by atoms with Crippen molar-refractivity contribution in [2.75, 3.05) is 13.2 Å². The van der Waals surface area contributed by atoms with Crippen molar-refractivity contribution in [3.8, 4) is 6.01 Å². The van der Waals surface area contributed by atoms with Gasteiger partial charge in [0.1, 0.15) is 0 Å². The van der Waals surface area contributed by atoms with Crippen LogP contribution in [-0.4, -0.2) is 37.6 Å². The molecule has 0 N–H and O–H groups in total. The highest BCUT2D eigenvalue weighted by molar-refractivity contribution is 7.09. The molecule has 1 aliphatic heterocycles. The van der Waals surface area contributed by atoms with Gasteiger partial charge in [-0.05, 0) is 24.4 Å². The summed E-state index contributed by atoms with van der Waals surface area (Å²) in [6, 6.07) is 6.63. The van der Waals surface area contributed by atoms with Crippen molar-refractivity contribution in [3.63, 3.8) is 0 Å². The van der Waals surface area contributed by atoms with Crippen LogP contribution in [0.5, 0.6) is 6.01 Å². The van der Waals surface area contributed by atoms with E-state index in [-0.39, 0.29) is 0 Å². The number of imidazole rings is 1. The van der Waals surface area contributed by atoms with Crippen LogP contribution in [0.3, 0.4) is 0 Å². The minimum Gasteiger partial charge on any atom is -0.463 e. The molecule has 130 valence electrons. The summed E-state index contributed by atoms with van der Waals surface area (Å²) in [6.45, 7) is 6.30. The fourth-order valence-electron chi connectivity index (χ4n) is 3.18. The Kier molecular flexibility index (Phi) is 4.76. The molecule has 3 aromatic heterocycles. The molecular weight excluding hydrogens is 334 g/mol. The lowest BCUT2D eigenvalue weighted by Crippen LogP contribution is -2.30. The van der Waals surface area contributed by atoms with Gasteiger partial charge in [-0.15, -0.1) is 11.3 Å². The smallest absolute Gasteiger partial charge is 0.316 e. The van der Waals surface area contributed by atoms with Gasteiger partial charge >= 0.3 is 6.01 Å². The molecule has 3 aromatic rings. The highest BCUT2D eigenvalue weighted by atomic mass is 32.1. The molecule has 0 amide bonds. The van der Waals surface area contributed by atoms with Gasteiger partial charge in [-0.25, -0.2) is 15.0 Å². The van der Waals surface area contributed by atoms with Crippen molar-refractivity contribution in [2.45, 2.75) is 26.6 Å². The predicted molar refractivity (Wildman–Crippen MR) is 96.4 cm³/mol. The van der Waals surface area contributed by atoms with Gasteiger partial charge in [0, 0.05) is 55.1 Å². The Labute approximate surface area is 151 Å². The third kappa shape index (κ3) is 4.05. The maximum absolute atomic E-state index is 5.88. The molecule has 4 rings (SSSR count). The molecule has 0 bridgehead atoms. The summed E-state index contributed by atoms with van der Waals surface area (Å²) >= 11 is 1.80. The van der Waals surface area contributed by atoms with Crippen LogP contribution in [0.15, 0.2) is 42.3 Å². The second kappa shape index (κ2) is 7.33. The van der Waals surface area contributed by atoms with Gasteiger partial charge in [0.05, 0.1) is 18.6 Å². The number of hydrogen-bond acceptors (Lipinski definition) is 6. The van der Waals surface area contributed by atoms with Gasteiger partial charge in [-0.2, -0.15) is 0 Å². The number of nitrogens with zero attached hydrogens (tertiary/aromatic N) is 5. The van der Waals surface area contributed by atoms with E-state index < -0.39 is 0 Å². The summed E-state index contributed by atoms with van der Waals surface area (Å²) < 4.78 is 8.11. The molecule has 7 heteroatoms. The summed E-state index contributed by atoms with van der Waals surface area (Å²) in [5.41, 5.74) is 2.17. The Morgan fingerprint density at radius 2 is 2.28 bits per heavy atom. The molecule has 25 heavy (non-hydrogen) atoms. The number of thiophene rings is 1. The highest BCUT2D eigenvalue weighted by Crippen LogP contribution is 2.20. The molecule has 1 aliphatic rings. The zero-order valence-corrected chi connectivity index (χ0v) is 15.0. The zero-order valence-electron chi connectivity index (χ0n) is 14.2. The molecule has 0 aromatic carbocycles. The zero-order chi connectivity index (χ0) is 17.1. The third-order valence-electron chi connectivity index (χ3n) is 4.34. The molecule has 0 saturated carbocycles. The van der Waals surface area contributed by atoms with Crippen molar-refractivity contribution in [1.29, 1.82) is 0 Å². The van der Waals surface area contributed by atoms with Crippen LogP contribution in [0.1, 0.15) is 16.3 Å². The van der Waals surface area contributed by atoms with Gasteiger partial charge in [-0.1, -0.05) is 6.07 Å². The molecule has 1 atom stereocenters. The number of hydrogen-bond donors (Lipinski definition) is 0. The molecule has 6 nitrogen and oxygen atoms in total. The van der Waals surface area contributed by atoms with E-state index in [0.717, 1.165) is 31.9 Å². The Balaban J connectivity index is 1.46. The van der Waals surface area contributed by atoms with Crippen molar-refractivity contribution in [3.05, 3.63) is 58.6 Å². The van der Waals surface area contributed by atoms with E-state index in [1.165, 1.54) is 10.6 Å². The van der Waals surface area contributed by atoms with E-state index in [2.05, 4.69) is 41.9 Å². The van der Waals surface area contributed by atoms with E-state index in [9.17, 15) is 0 Å². The Morgan fingerprint density at radius 3 is 3.12 bits per heavy atom. The number of ether oxygens (including phenoxy) is 1. The van der Waals surface area contributed by atoms with Gasteiger partial charge < -0.3 is 9.30 Å². The lowest BCUT2D eigenvalue weighted by atomic mass is 10.1. The Bertz CT molecular complexity index is 817. The lowest BCUT2D eigenvalue weighted by Gasteiger charge is -2.23. The fraction of sp³-hybridized carbons (Fsp3) is 0.389. The summed E-state index contributed by atoms with van der Waals surface area (Å²) in [5.74, 6) is 0.361. The minimum absolute atomic E-state index is 0.361. The van der Waals surface area contributed by atoms with E-state index in [1.54, 1.807) is 17.5 Å². The summed E-state index contributed by atoms with van der Waals surface area (Å²) in [5, 5.41) is 2.13. The minimum atomic E-state index is 0.361. The normalized spacial score (nSPS) is 17.9. The molecule has 0 saturated heterocycles.